The predicted molar refractivity (Wildman–Crippen MR) is 61.8 cm³/mol. The first kappa shape index (κ1) is 10.2. The molecule has 2 nitrogen and oxygen atoms in total. The summed E-state index contributed by atoms with van der Waals surface area (Å²) in [4.78, 5) is 11.7. The zero-order valence-electron chi connectivity index (χ0n) is 9.50. The Bertz CT molecular complexity index is 398. The highest BCUT2D eigenvalue weighted by Gasteiger charge is 2.39. The third-order valence-corrected chi connectivity index (χ3v) is 3.09. The van der Waals surface area contributed by atoms with Crippen LogP contribution in [0, 0.1) is 25.7 Å². The number of nitrogens with one attached hydrogen (secondary N) is 1. The Kier molecular flexibility index (Phi) is 2.51. The van der Waals surface area contributed by atoms with Crippen molar-refractivity contribution in [3.8, 4) is 0 Å². The van der Waals surface area contributed by atoms with Gasteiger partial charge in [0.2, 0.25) is 5.91 Å². The summed E-state index contributed by atoms with van der Waals surface area (Å²) in [6.45, 7) is 6.20. The van der Waals surface area contributed by atoms with E-state index in [0.717, 1.165) is 17.7 Å². The molecule has 1 aromatic carbocycles. The molecule has 0 bridgehead atoms. The molecule has 1 saturated carbocycles. The number of carbonyl (C=O) groups excluding carboxylic acids is 1. The monoisotopic (exact) mass is 203 g/mol. The highest BCUT2D eigenvalue weighted by molar-refractivity contribution is 5.95. The normalized spacial score (nSPS) is 23.7. The quantitative estimate of drug-likeness (QED) is 0.786. The van der Waals surface area contributed by atoms with Crippen molar-refractivity contribution in [2.24, 2.45) is 11.8 Å². The van der Waals surface area contributed by atoms with E-state index < -0.39 is 0 Å². The molecule has 1 fully saturated rings. The van der Waals surface area contributed by atoms with Gasteiger partial charge in [-0.25, -0.2) is 0 Å². The molecule has 0 spiro atoms. The summed E-state index contributed by atoms with van der Waals surface area (Å²) in [5, 5.41) is 2.99. The average Bonchev–Trinajstić information content (AvgIpc) is 2.88. The first-order valence-electron chi connectivity index (χ1n) is 5.46. The molecule has 0 radical (unpaired) electrons. The molecule has 0 heterocycles. The van der Waals surface area contributed by atoms with Crippen LogP contribution in [0.15, 0.2) is 18.2 Å². The number of hydrogen-bond acceptors (Lipinski definition) is 1. The predicted octanol–water partition coefficient (Wildman–Crippen LogP) is 2.90. The highest BCUT2D eigenvalue weighted by Crippen LogP contribution is 2.38. The molecule has 2 unspecified atom stereocenters. The minimum absolute atomic E-state index is 0.175. The Morgan fingerprint density at radius 1 is 1.40 bits per heavy atom. The van der Waals surface area contributed by atoms with E-state index in [1.807, 2.05) is 19.1 Å². The van der Waals surface area contributed by atoms with Crippen LogP contribution in [-0.4, -0.2) is 5.91 Å². The average molecular weight is 203 g/mol. The van der Waals surface area contributed by atoms with Crippen molar-refractivity contribution in [1.82, 2.24) is 0 Å². The lowest BCUT2D eigenvalue weighted by molar-refractivity contribution is -0.117. The zero-order chi connectivity index (χ0) is 11.0. The maximum atomic E-state index is 11.7. The van der Waals surface area contributed by atoms with Gasteiger partial charge in [0, 0.05) is 11.6 Å². The molecule has 2 atom stereocenters. The summed E-state index contributed by atoms with van der Waals surface area (Å²) in [5.41, 5.74) is 3.31. The Labute approximate surface area is 90.7 Å². The van der Waals surface area contributed by atoms with Gasteiger partial charge in [0.05, 0.1) is 0 Å². The third kappa shape index (κ3) is 2.20. The Morgan fingerprint density at radius 2 is 2.07 bits per heavy atom. The second-order valence-corrected chi connectivity index (χ2v) is 4.63. The standard InChI is InChI=1S/C13H17NO/c1-8-4-5-12(10(3)6-8)14-13(15)11-7-9(11)2/h4-6,9,11H,7H2,1-3H3,(H,14,15). The van der Waals surface area contributed by atoms with Crippen molar-refractivity contribution in [2.75, 3.05) is 5.32 Å². The van der Waals surface area contributed by atoms with E-state index >= 15 is 0 Å². The van der Waals surface area contributed by atoms with Crippen molar-refractivity contribution in [1.29, 1.82) is 0 Å². The summed E-state index contributed by atoms with van der Waals surface area (Å²) in [6.07, 6.45) is 1.04. The van der Waals surface area contributed by atoms with Gasteiger partial charge in [-0.05, 0) is 37.8 Å². The van der Waals surface area contributed by atoms with Crippen molar-refractivity contribution < 1.29 is 4.79 Å². The Balaban J connectivity index is 2.07. The Morgan fingerprint density at radius 3 is 2.60 bits per heavy atom. The zero-order valence-corrected chi connectivity index (χ0v) is 9.50. The van der Waals surface area contributed by atoms with Gasteiger partial charge in [-0.15, -0.1) is 0 Å². The molecule has 15 heavy (non-hydrogen) atoms. The molecular weight excluding hydrogens is 186 g/mol. The summed E-state index contributed by atoms with van der Waals surface area (Å²) < 4.78 is 0. The fourth-order valence-electron chi connectivity index (χ4n) is 1.87. The van der Waals surface area contributed by atoms with Crippen LogP contribution in [0.4, 0.5) is 5.69 Å². The van der Waals surface area contributed by atoms with Crippen LogP contribution in [0.1, 0.15) is 24.5 Å². The number of aryl methyl sites for hydroxylation is 2. The maximum absolute atomic E-state index is 11.7. The second kappa shape index (κ2) is 3.69. The number of rotatable bonds is 2. The Hall–Kier alpha value is -1.31. The summed E-state index contributed by atoms with van der Waals surface area (Å²) in [6, 6.07) is 6.10. The van der Waals surface area contributed by atoms with E-state index in [-0.39, 0.29) is 11.8 Å². The number of benzene rings is 1. The van der Waals surface area contributed by atoms with E-state index in [0.29, 0.717) is 5.92 Å². The largest absolute Gasteiger partial charge is 0.326 e. The lowest BCUT2D eigenvalue weighted by Crippen LogP contribution is -2.15. The van der Waals surface area contributed by atoms with E-state index in [2.05, 4.69) is 25.2 Å². The van der Waals surface area contributed by atoms with Crippen LogP contribution in [-0.2, 0) is 4.79 Å². The second-order valence-electron chi connectivity index (χ2n) is 4.63. The highest BCUT2D eigenvalue weighted by atomic mass is 16.2. The van der Waals surface area contributed by atoms with Gasteiger partial charge in [-0.1, -0.05) is 24.6 Å². The SMILES string of the molecule is Cc1ccc(NC(=O)C2CC2C)c(C)c1. The molecule has 1 aliphatic rings. The fraction of sp³-hybridized carbons (Fsp3) is 0.462. The van der Waals surface area contributed by atoms with Gasteiger partial charge in [-0.2, -0.15) is 0 Å². The molecular formula is C13H17NO. The molecule has 1 N–H and O–H groups in total. The van der Waals surface area contributed by atoms with E-state index in [4.69, 9.17) is 0 Å². The topological polar surface area (TPSA) is 29.1 Å². The summed E-state index contributed by atoms with van der Waals surface area (Å²) in [7, 11) is 0. The van der Waals surface area contributed by atoms with Gasteiger partial charge in [0.1, 0.15) is 0 Å². The lowest BCUT2D eigenvalue weighted by Gasteiger charge is -2.08. The third-order valence-electron chi connectivity index (χ3n) is 3.09. The maximum Gasteiger partial charge on any atom is 0.227 e. The minimum Gasteiger partial charge on any atom is -0.326 e. The number of carbonyl (C=O) groups is 1. The van der Waals surface area contributed by atoms with Gasteiger partial charge in [0.15, 0.2) is 0 Å². The molecule has 1 aromatic rings. The van der Waals surface area contributed by atoms with Gasteiger partial charge < -0.3 is 5.32 Å². The van der Waals surface area contributed by atoms with Crippen LogP contribution < -0.4 is 5.32 Å². The molecule has 1 aliphatic carbocycles. The van der Waals surface area contributed by atoms with Crippen LogP contribution in [0.2, 0.25) is 0 Å². The number of hydrogen-bond donors (Lipinski definition) is 1. The molecule has 0 saturated heterocycles. The van der Waals surface area contributed by atoms with Crippen molar-refractivity contribution in [3.63, 3.8) is 0 Å². The first-order chi connectivity index (χ1) is 7.08. The lowest BCUT2D eigenvalue weighted by atomic mass is 10.1. The minimum atomic E-state index is 0.175. The summed E-state index contributed by atoms with van der Waals surface area (Å²) >= 11 is 0. The van der Waals surface area contributed by atoms with E-state index in [9.17, 15) is 4.79 Å². The van der Waals surface area contributed by atoms with Crippen molar-refractivity contribution >= 4 is 11.6 Å². The number of amides is 1. The van der Waals surface area contributed by atoms with Gasteiger partial charge in [0.25, 0.3) is 0 Å². The molecule has 1 amide bonds. The molecule has 0 aliphatic heterocycles. The fourth-order valence-corrected chi connectivity index (χ4v) is 1.87. The van der Waals surface area contributed by atoms with Gasteiger partial charge >= 0.3 is 0 Å². The molecule has 80 valence electrons. The van der Waals surface area contributed by atoms with Crippen molar-refractivity contribution in [2.45, 2.75) is 27.2 Å². The van der Waals surface area contributed by atoms with Crippen LogP contribution in [0.25, 0.3) is 0 Å². The van der Waals surface area contributed by atoms with Crippen LogP contribution in [0.5, 0.6) is 0 Å². The first-order valence-corrected chi connectivity index (χ1v) is 5.46. The molecule has 0 aromatic heterocycles. The van der Waals surface area contributed by atoms with Crippen LogP contribution >= 0.6 is 0 Å². The van der Waals surface area contributed by atoms with Crippen molar-refractivity contribution in [3.05, 3.63) is 29.3 Å². The number of anilines is 1. The smallest absolute Gasteiger partial charge is 0.227 e. The van der Waals surface area contributed by atoms with Crippen LogP contribution in [0.3, 0.4) is 0 Å². The summed E-state index contributed by atoms with van der Waals surface area (Å²) in [5.74, 6) is 0.982. The van der Waals surface area contributed by atoms with E-state index in [1.54, 1.807) is 0 Å². The molecule has 2 heteroatoms. The van der Waals surface area contributed by atoms with Gasteiger partial charge in [-0.3, -0.25) is 4.79 Å². The molecule has 2 rings (SSSR count). The van der Waals surface area contributed by atoms with E-state index in [1.165, 1.54) is 5.56 Å².